The van der Waals surface area contributed by atoms with E-state index < -0.39 is 35.8 Å². The number of nitrogen functional groups attached to an aromatic ring is 1. The lowest BCUT2D eigenvalue weighted by Crippen LogP contribution is -2.30. The Balaban J connectivity index is 2.31. The predicted octanol–water partition coefficient (Wildman–Crippen LogP) is -0.416. The molecule has 0 saturated carbocycles. The van der Waals surface area contributed by atoms with Crippen LogP contribution in [0.1, 0.15) is 12.6 Å². The van der Waals surface area contributed by atoms with Crippen molar-refractivity contribution in [1.29, 1.82) is 0 Å². The molecule has 0 bridgehead atoms. The molecule has 1 aliphatic heterocycles. The van der Waals surface area contributed by atoms with E-state index >= 15 is 0 Å². The summed E-state index contributed by atoms with van der Waals surface area (Å²) in [7, 11) is 0. The molecule has 1 aliphatic rings. The molecule has 2 heterocycles. The SMILES string of the molecule is Nc1nc(=O)n(C2CC(F)(CO)CO2)cc1F. The van der Waals surface area contributed by atoms with E-state index in [4.69, 9.17) is 15.6 Å². The Morgan fingerprint density at radius 1 is 1.76 bits per heavy atom. The van der Waals surface area contributed by atoms with E-state index in [1.54, 1.807) is 0 Å². The van der Waals surface area contributed by atoms with Crippen LogP contribution in [0.3, 0.4) is 0 Å². The second kappa shape index (κ2) is 4.04. The molecule has 2 atom stereocenters. The molecule has 0 amide bonds. The van der Waals surface area contributed by atoms with Gasteiger partial charge in [0.15, 0.2) is 17.3 Å². The van der Waals surface area contributed by atoms with Crippen molar-refractivity contribution in [1.82, 2.24) is 9.55 Å². The van der Waals surface area contributed by atoms with Gasteiger partial charge in [-0.1, -0.05) is 0 Å². The molecule has 0 aromatic carbocycles. The molecule has 94 valence electrons. The van der Waals surface area contributed by atoms with E-state index in [1.165, 1.54) is 0 Å². The van der Waals surface area contributed by atoms with Gasteiger partial charge in [0.05, 0.1) is 19.4 Å². The normalized spacial score (nSPS) is 28.5. The molecule has 0 spiro atoms. The van der Waals surface area contributed by atoms with Gasteiger partial charge in [0.25, 0.3) is 0 Å². The maximum atomic E-state index is 13.7. The summed E-state index contributed by atoms with van der Waals surface area (Å²) < 4.78 is 32.6. The monoisotopic (exact) mass is 247 g/mol. The van der Waals surface area contributed by atoms with Crippen molar-refractivity contribution >= 4 is 5.82 Å². The van der Waals surface area contributed by atoms with Gasteiger partial charge in [0.2, 0.25) is 0 Å². The van der Waals surface area contributed by atoms with Gasteiger partial charge in [-0.25, -0.2) is 13.6 Å². The number of anilines is 1. The summed E-state index contributed by atoms with van der Waals surface area (Å²) in [6.45, 7) is -1.07. The van der Waals surface area contributed by atoms with Gasteiger partial charge in [0.1, 0.15) is 6.23 Å². The quantitative estimate of drug-likeness (QED) is 0.741. The number of halogens is 2. The van der Waals surface area contributed by atoms with E-state index in [0.29, 0.717) is 0 Å². The molecule has 1 saturated heterocycles. The highest BCUT2D eigenvalue weighted by atomic mass is 19.1. The third kappa shape index (κ3) is 2.13. The summed E-state index contributed by atoms with van der Waals surface area (Å²) >= 11 is 0. The largest absolute Gasteiger partial charge is 0.393 e. The maximum Gasteiger partial charge on any atom is 0.351 e. The molecule has 6 nitrogen and oxygen atoms in total. The van der Waals surface area contributed by atoms with E-state index in [2.05, 4.69) is 4.98 Å². The van der Waals surface area contributed by atoms with Gasteiger partial charge in [-0.15, -0.1) is 0 Å². The molecule has 17 heavy (non-hydrogen) atoms. The van der Waals surface area contributed by atoms with Crippen LogP contribution in [0.4, 0.5) is 14.6 Å². The summed E-state index contributed by atoms with van der Waals surface area (Å²) in [5, 5.41) is 8.81. The molecule has 1 fully saturated rings. The summed E-state index contributed by atoms with van der Waals surface area (Å²) in [5.74, 6) is -1.40. The smallest absolute Gasteiger partial charge is 0.351 e. The minimum absolute atomic E-state index is 0.242. The number of rotatable bonds is 2. The molecular formula is C9H11F2N3O3. The number of aliphatic hydroxyl groups excluding tert-OH is 1. The highest BCUT2D eigenvalue weighted by molar-refractivity contribution is 5.26. The molecule has 1 aromatic heterocycles. The molecular weight excluding hydrogens is 236 g/mol. The Bertz CT molecular complexity index is 493. The fraction of sp³-hybridized carbons (Fsp3) is 0.556. The Kier molecular flexibility index (Phi) is 2.84. The average Bonchev–Trinajstić information content (AvgIpc) is 2.67. The van der Waals surface area contributed by atoms with Gasteiger partial charge in [0, 0.05) is 6.42 Å². The predicted molar refractivity (Wildman–Crippen MR) is 53.4 cm³/mol. The highest BCUT2D eigenvalue weighted by Gasteiger charge is 2.41. The van der Waals surface area contributed by atoms with E-state index in [0.717, 1.165) is 10.8 Å². The lowest BCUT2D eigenvalue weighted by molar-refractivity contribution is 0.0270. The first kappa shape index (κ1) is 11.9. The molecule has 2 rings (SSSR count). The summed E-state index contributed by atoms with van der Waals surface area (Å²) in [6, 6.07) is 0. The molecule has 2 unspecified atom stereocenters. The highest BCUT2D eigenvalue weighted by Crippen LogP contribution is 2.33. The summed E-state index contributed by atoms with van der Waals surface area (Å²) in [5.41, 5.74) is 2.38. The van der Waals surface area contributed by atoms with Crippen molar-refractivity contribution in [3.63, 3.8) is 0 Å². The number of alkyl halides is 1. The van der Waals surface area contributed by atoms with Crippen molar-refractivity contribution in [2.45, 2.75) is 18.3 Å². The van der Waals surface area contributed by atoms with E-state index in [-0.39, 0.29) is 13.0 Å². The fourth-order valence-electron chi connectivity index (χ4n) is 1.63. The van der Waals surface area contributed by atoms with Crippen LogP contribution in [0, 0.1) is 5.82 Å². The summed E-state index contributed by atoms with van der Waals surface area (Å²) in [4.78, 5) is 14.7. The van der Waals surface area contributed by atoms with Gasteiger partial charge in [-0.05, 0) is 0 Å². The zero-order valence-electron chi connectivity index (χ0n) is 8.77. The number of nitrogens with two attached hydrogens (primary N) is 1. The van der Waals surface area contributed by atoms with Crippen LogP contribution >= 0.6 is 0 Å². The number of ether oxygens (including phenoxy) is 1. The van der Waals surface area contributed by atoms with Crippen molar-refractivity contribution in [2.75, 3.05) is 18.9 Å². The molecule has 3 N–H and O–H groups in total. The molecule has 8 heteroatoms. The Morgan fingerprint density at radius 3 is 3.06 bits per heavy atom. The zero-order chi connectivity index (χ0) is 12.6. The van der Waals surface area contributed by atoms with Crippen LogP contribution in [-0.2, 0) is 4.74 Å². The lowest BCUT2D eigenvalue weighted by atomic mass is 10.1. The third-order valence-electron chi connectivity index (χ3n) is 2.60. The van der Waals surface area contributed by atoms with Crippen LogP contribution in [-0.4, -0.2) is 33.5 Å². The van der Waals surface area contributed by atoms with Gasteiger partial charge in [-0.3, -0.25) is 4.57 Å². The second-order valence-corrected chi connectivity index (χ2v) is 3.94. The second-order valence-electron chi connectivity index (χ2n) is 3.94. The first-order chi connectivity index (χ1) is 7.95. The van der Waals surface area contributed by atoms with Gasteiger partial charge >= 0.3 is 5.69 Å². The van der Waals surface area contributed by atoms with Crippen molar-refractivity contribution in [3.05, 3.63) is 22.5 Å². The van der Waals surface area contributed by atoms with Crippen LogP contribution in [0.5, 0.6) is 0 Å². The zero-order valence-corrected chi connectivity index (χ0v) is 8.77. The third-order valence-corrected chi connectivity index (χ3v) is 2.60. The Labute approximate surface area is 94.6 Å². The molecule has 0 aliphatic carbocycles. The standard InChI is InChI=1S/C9H11F2N3O3/c10-5-2-14(8(16)13-7(5)12)6-1-9(11,3-15)4-17-6/h2,6,15H,1,3-4H2,(H2,12,13,16). The van der Waals surface area contributed by atoms with Crippen LogP contribution in [0.15, 0.2) is 11.0 Å². The number of aliphatic hydroxyl groups is 1. The van der Waals surface area contributed by atoms with Gasteiger partial charge in [-0.2, -0.15) is 4.98 Å². The fourth-order valence-corrected chi connectivity index (χ4v) is 1.63. The van der Waals surface area contributed by atoms with Crippen LogP contribution < -0.4 is 11.4 Å². The van der Waals surface area contributed by atoms with E-state index in [9.17, 15) is 13.6 Å². The van der Waals surface area contributed by atoms with E-state index in [1.807, 2.05) is 0 Å². The molecule has 1 aromatic rings. The summed E-state index contributed by atoms with van der Waals surface area (Å²) in [6.07, 6.45) is -0.408. The van der Waals surface area contributed by atoms with Crippen molar-refractivity contribution in [2.24, 2.45) is 0 Å². The van der Waals surface area contributed by atoms with Crippen molar-refractivity contribution in [3.8, 4) is 0 Å². The average molecular weight is 247 g/mol. The minimum Gasteiger partial charge on any atom is -0.393 e. The van der Waals surface area contributed by atoms with Crippen LogP contribution in [0.2, 0.25) is 0 Å². The topological polar surface area (TPSA) is 90.4 Å². The Hall–Kier alpha value is -1.54. The number of aromatic nitrogens is 2. The lowest BCUT2D eigenvalue weighted by Gasteiger charge is -2.14. The first-order valence-corrected chi connectivity index (χ1v) is 4.91. The maximum absolute atomic E-state index is 13.7. The first-order valence-electron chi connectivity index (χ1n) is 4.91. The number of hydrogen-bond donors (Lipinski definition) is 2. The number of nitrogens with zero attached hydrogens (tertiary/aromatic N) is 2. The molecule has 0 radical (unpaired) electrons. The van der Waals surface area contributed by atoms with Crippen molar-refractivity contribution < 1.29 is 18.6 Å². The van der Waals surface area contributed by atoms with Crippen LogP contribution in [0.25, 0.3) is 0 Å². The minimum atomic E-state index is -1.91. The Morgan fingerprint density at radius 2 is 2.47 bits per heavy atom. The number of hydrogen-bond acceptors (Lipinski definition) is 5. The van der Waals surface area contributed by atoms with Gasteiger partial charge < -0.3 is 15.6 Å².